The summed E-state index contributed by atoms with van der Waals surface area (Å²) < 4.78 is 0. The molecular weight excluding hydrogens is 224 g/mol. The first-order chi connectivity index (χ1) is 8.70. The van der Waals surface area contributed by atoms with Crippen molar-refractivity contribution in [3.05, 3.63) is 29.8 Å². The Morgan fingerprint density at radius 2 is 2.11 bits per heavy atom. The van der Waals surface area contributed by atoms with Gasteiger partial charge in [-0.2, -0.15) is 0 Å². The van der Waals surface area contributed by atoms with Gasteiger partial charge in [-0.3, -0.25) is 4.79 Å². The van der Waals surface area contributed by atoms with E-state index < -0.39 is 0 Å². The van der Waals surface area contributed by atoms with Crippen LogP contribution < -0.4 is 10.6 Å². The molecule has 3 nitrogen and oxygen atoms in total. The largest absolute Gasteiger partial charge is 0.326 e. The molecule has 18 heavy (non-hydrogen) atoms. The summed E-state index contributed by atoms with van der Waals surface area (Å²) >= 11 is 0. The number of amides is 1. The van der Waals surface area contributed by atoms with E-state index in [0.29, 0.717) is 5.92 Å². The Bertz CT molecular complexity index is 399. The first-order valence-electron chi connectivity index (χ1n) is 6.81. The molecule has 98 valence electrons. The van der Waals surface area contributed by atoms with Crippen LogP contribution in [0.15, 0.2) is 24.3 Å². The predicted octanol–water partition coefficient (Wildman–Crippen LogP) is 2.43. The SMILES string of the molecule is CCc1ccc(NC(=O)C2CCNCC2C)cc1. The number of hydrogen-bond acceptors (Lipinski definition) is 2. The molecule has 0 bridgehead atoms. The van der Waals surface area contributed by atoms with Crippen molar-refractivity contribution in [3.8, 4) is 0 Å². The molecule has 2 unspecified atom stereocenters. The highest BCUT2D eigenvalue weighted by atomic mass is 16.1. The standard InChI is InChI=1S/C15H22N2O/c1-3-12-4-6-13(7-5-12)17-15(18)14-8-9-16-10-11(14)2/h4-7,11,14,16H,3,8-10H2,1-2H3,(H,17,18). The normalized spacial score (nSPS) is 23.7. The molecular formula is C15H22N2O. The lowest BCUT2D eigenvalue weighted by Gasteiger charge is -2.28. The van der Waals surface area contributed by atoms with Crippen molar-refractivity contribution in [1.82, 2.24) is 5.32 Å². The lowest BCUT2D eigenvalue weighted by molar-refractivity contribution is -0.122. The van der Waals surface area contributed by atoms with Gasteiger partial charge in [0.1, 0.15) is 0 Å². The highest BCUT2D eigenvalue weighted by molar-refractivity contribution is 5.92. The molecule has 0 radical (unpaired) electrons. The molecule has 1 fully saturated rings. The maximum atomic E-state index is 12.2. The summed E-state index contributed by atoms with van der Waals surface area (Å²) in [7, 11) is 0. The molecule has 1 saturated heterocycles. The Morgan fingerprint density at radius 3 is 2.72 bits per heavy atom. The van der Waals surface area contributed by atoms with Crippen molar-refractivity contribution in [2.45, 2.75) is 26.7 Å². The lowest BCUT2D eigenvalue weighted by Crippen LogP contribution is -2.40. The van der Waals surface area contributed by atoms with E-state index in [4.69, 9.17) is 0 Å². The van der Waals surface area contributed by atoms with Crippen LogP contribution in [0, 0.1) is 11.8 Å². The van der Waals surface area contributed by atoms with E-state index >= 15 is 0 Å². The Morgan fingerprint density at radius 1 is 1.39 bits per heavy atom. The van der Waals surface area contributed by atoms with Crippen molar-refractivity contribution >= 4 is 11.6 Å². The average Bonchev–Trinajstić information content (AvgIpc) is 2.40. The fourth-order valence-electron chi connectivity index (χ4n) is 2.46. The molecule has 1 amide bonds. The summed E-state index contributed by atoms with van der Waals surface area (Å²) in [5.41, 5.74) is 2.20. The van der Waals surface area contributed by atoms with Crippen LogP contribution in [0.5, 0.6) is 0 Å². The molecule has 1 aliphatic heterocycles. The van der Waals surface area contributed by atoms with Crippen LogP contribution in [0.2, 0.25) is 0 Å². The second-order valence-electron chi connectivity index (χ2n) is 5.12. The Balaban J connectivity index is 1.97. The Kier molecular flexibility index (Phi) is 4.37. The van der Waals surface area contributed by atoms with Crippen LogP contribution in [-0.2, 0) is 11.2 Å². The molecule has 0 spiro atoms. The minimum absolute atomic E-state index is 0.136. The van der Waals surface area contributed by atoms with Gasteiger partial charge >= 0.3 is 0 Å². The highest BCUT2D eigenvalue weighted by Gasteiger charge is 2.27. The van der Waals surface area contributed by atoms with Crippen molar-refractivity contribution in [2.75, 3.05) is 18.4 Å². The molecule has 0 saturated carbocycles. The van der Waals surface area contributed by atoms with Crippen molar-refractivity contribution in [2.24, 2.45) is 11.8 Å². The summed E-state index contributed by atoms with van der Waals surface area (Å²) in [6.07, 6.45) is 1.96. The number of piperidine rings is 1. The van der Waals surface area contributed by atoms with E-state index in [1.54, 1.807) is 0 Å². The van der Waals surface area contributed by atoms with Crippen LogP contribution in [-0.4, -0.2) is 19.0 Å². The third-order valence-electron chi connectivity index (χ3n) is 3.75. The van der Waals surface area contributed by atoms with Gasteiger partial charge in [-0.05, 0) is 49.5 Å². The van der Waals surface area contributed by atoms with Crippen LogP contribution >= 0.6 is 0 Å². The van der Waals surface area contributed by atoms with E-state index in [-0.39, 0.29) is 11.8 Å². The number of nitrogens with one attached hydrogen (secondary N) is 2. The highest BCUT2D eigenvalue weighted by Crippen LogP contribution is 2.21. The molecule has 1 aliphatic rings. The third-order valence-corrected chi connectivity index (χ3v) is 3.75. The minimum atomic E-state index is 0.136. The van der Waals surface area contributed by atoms with Crippen LogP contribution in [0.4, 0.5) is 5.69 Å². The fraction of sp³-hybridized carbons (Fsp3) is 0.533. The molecule has 1 heterocycles. The van der Waals surface area contributed by atoms with Gasteiger partial charge in [0.15, 0.2) is 0 Å². The predicted molar refractivity (Wildman–Crippen MR) is 74.6 cm³/mol. The van der Waals surface area contributed by atoms with Crippen LogP contribution in [0.25, 0.3) is 0 Å². The number of carbonyl (C=O) groups is 1. The zero-order valence-electron chi connectivity index (χ0n) is 11.2. The summed E-state index contributed by atoms with van der Waals surface area (Å²) in [6.45, 7) is 6.14. The smallest absolute Gasteiger partial charge is 0.227 e. The van der Waals surface area contributed by atoms with Crippen molar-refractivity contribution in [1.29, 1.82) is 0 Å². The first kappa shape index (κ1) is 13.1. The minimum Gasteiger partial charge on any atom is -0.326 e. The maximum Gasteiger partial charge on any atom is 0.227 e. The average molecular weight is 246 g/mol. The van der Waals surface area contributed by atoms with E-state index in [0.717, 1.165) is 31.6 Å². The lowest BCUT2D eigenvalue weighted by atomic mass is 9.87. The number of hydrogen-bond donors (Lipinski definition) is 2. The zero-order valence-corrected chi connectivity index (χ0v) is 11.2. The van der Waals surface area contributed by atoms with E-state index in [1.165, 1.54) is 5.56 Å². The van der Waals surface area contributed by atoms with Gasteiger partial charge in [0.05, 0.1) is 0 Å². The molecule has 1 aromatic carbocycles. The summed E-state index contributed by atoms with van der Waals surface area (Å²) in [5.74, 6) is 0.707. The fourth-order valence-corrected chi connectivity index (χ4v) is 2.46. The van der Waals surface area contributed by atoms with Gasteiger partial charge in [0, 0.05) is 11.6 Å². The van der Waals surface area contributed by atoms with E-state index in [2.05, 4.69) is 36.6 Å². The molecule has 0 aliphatic carbocycles. The summed E-state index contributed by atoms with van der Waals surface area (Å²) in [6, 6.07) is 8.12. The number of carbonyl (C=O) groups excluding carboxylic acids is 1. The van der Waals surface area contributed by atoms with E-state index in [1.807, 2.05) is 12.1 Å². The molecule has 2 N–H and O–H groups in total. The van der Waals surface area contributed by atoms with Gasteiger partial charge in [0.25, 0.3) is 0 Å². The van der Waals surface area contributed by atoms with Gasteiger partial charge < -0.3 is 10.6 Å². The second-order valence-corrected chi connectivity index (χ2v) is 5.12. The maximum absolute atomic E-state index is 12.2. The zero-order chi connectivity index (χ0) is 13.0. The van der Waals surface area contributed by atoms with Crippen molar-refractivity contribution in [3.63, 3.8) is 0 Å². The van der Waals surface area contributed by atoms with E-state index in [9.17, 15) is 4.79 Å². The second kappa shape index (κ2) is 6.01. The van der Waals surface area contributed by atoms with Gasteiger partial charge in [-0.1, -0.05) is 26.0 Å². The molecule has 3 heteroatoms. The number of rotatable bonds is 3. The van der Waals surface area contributed by atoms with Crippen LogP contribution in [0.1, 0.15) is 25.8 Å². The van der Waals surface area contributed by atoms with Crippen molar-refractivity contribution < 1.29 is 4.79 Å². The quantitative estimate of drug-likeness (QED) is 0.860. The molecule has 1 aromatic rings. The topological polar surface area (TPSA) is 41.1 Å². The van der Waals surface area contributed by atoms with Gasteiger partial charge in [0.2, 0.25) is 5.91 Å². The Labute approximate surface area is 109 Å². The molecule has 2 atom stereocenters. The Hall–Kier alpha value is -1.35. The number of aryl methyl sites for hydroxylation is 1. The number of anilines is 1. The van der Waals surface area contributed by atoms with Gasteiger partial charge in [-0.25, -0.2) is 0 Å². The van der Waals surface area contributed by atoms with Gasteiger partial charge in [-0.15, -0.1) is 0 Å². The summed E-state index contributed by atoms with van der Waals surface area (Å²) in [4.78, 5) is 12.2. The van der Waals surface area contributed by atoms with Crippen LogP contribution in [0.3, 0.4) is 0 Å². The monoisotopic (exact) mass is 246 g/mol. The third kappa shape index (κ3) is 3.10. The molecule has 2 rings (SSSR count). The summed E-state index contributed by atoms with van der Waals surface area (Å²) in [5, 5.41) is 6.34. The first-order valence-corrected chi connectivity index (χ1v) is 6.81. The number of benzene rings is 1. The molecule has 0 aromatic heterocycles.